The average molecular weight is 387 g/mol. The zero-order chi connectivity index (χ0) is 20.4. The summed E-state index contributed by atoms with van der Waals surface area (Å²) in [6.45, 7) is 1.67. The summed E-state index contributed by atoms with van der Waals surface area (Å²) in [6, 6.07) is 12.4. The summed E-state index contributed by atoms with van der Waals surface area (Å²) in [7, 11) is 1.65. The Labute approximate surface area is 163 Å². The van der Waals surface area contributed by atoms with Gasteiger partial charge in [0.15, 0.2) is 5.75 Å². The molecule has 2 aromatic rings. The van der Waals surface area contributed by atoms with Crippen molar-refractivity contribution in [1.29, 1.82) is 0 Å². The highest BCUT2D eigenvalue weighted by Gasteiger charge is 2.16. The molecule has 0 heterocycles. The molecule has 0 saturated carbocycles. The number of methoxy groups -OCH3 is 1. The third kappa shape index (κ3) is 6.88. The number of hydrogen-bond acceptors (Lipinski definition) is 6. The molecule has 2 aromatic carbocycles. The van der Waals surface area contributed by atoms with E-state index in [0.29, 0.717) is 18.7 Å². The molecular formula is C20H25N3O5. The number of nitrogens with zero attached hydrogens (tertiary/aromatic N) is 1. The molecule has 0 atom stereocenters. The lowest BCUT2D eigenvalue weighted by Gasteiger charge is -2.09. The SMILES string of the molecule is COc1cccc(CCCNCCOc2ccc(CC(N)=O)cc2[N+](=O)[O-])c1. The molecule has 0 saturated heterocycles. The van der Waals surface area contributed by atoms with Gasteiger partial charge in [-0.15, -0.1) is 0 Å². The van der Waals surface area contributed by atoms with Crippen LogP contribution in [-0.2, 0) is 17.6 Å². The maximum Gasteiger partial charge on any atom is 0.311 e. The number of benzene rings is 2. The van der Waals surface area contributed by atoms with Crippen molar-refractivity contribution in [1.82, 2.24) is 5.32 Å². The number of amides is 1. The Hall–Kier alpha value is -3.13. The van der Waals surface area contributed by atoms with E-state index in [-0.39, 0.29) is 17.9 Å². The highest BCUT2D eigenvalue weighted by molar-refractivity contribution is 5.77. The Morgan fingerprint density at radius 1 is 1.18 bits per heavy atom. The molecule has 0 aromatic heterocycles. The van der Waals surface area contributed by atoms with E-state index in [9.17, 15) is 14.9 Å². The van der Waals surface area contributed by atoms with E-state index in [2.05, 4.69) is 11.4 Å². The molecule has 0 aliphatic carbocycles. The van der Waals surface area contributed by atoms with Gasteiger partial charge in [0.2, 0.25) is 5.91 Å². The number of nitrogens with one attached hydrogen (secondary N) is 1. The summed E-state index contributed by atoms with van der Waals surface area (Å²) in [5, 5.41) is 14.5. The normalized spacial score (nSPS) is 10.5. The standard InChI is InChI=1S/C20H25N3O5/c1-27-17-6-2-4-15(12-17)5-3-9-22-10-11-28-19-8-7-16(14-20(21)24)13-18(19)23(25)26/h2,4,6-8,12-13,22H,3,5,9-11,14H2,1H3,(H2,21,24). The molecule has 8 heteroatoms. The van der Waals surface area contributed by atoms with Crippen LogP contribution in [0.25, 0.3) is 0 Å². The van der Waals surface area contributed by atoms with Crippen molar-refractivity contribution in [3.8, 4) is 11.5 Å². The minimum absolute atomic E-state index is 0.0457. The van der Waals surface area contributed by atoms with Crippen molar-refractivity contribution in [3.63, 3.8) is 0 Å². The quantitative estimate of drug-likeness (QED) is 0.328. The molecule has 150 valence electrons. The lowest BCUT2D eigenvalue weighted by atomic mass is 10.1. The van der Waals surface area contributed by atoms with Crippen LogP contribution in [0.3, 0.4) is 0 Å². The minimum atomic E-state index is -0.541. The Morgan fingerprint density at radius 3 is 2.71 bits per heavy atom. The first-order chi connectivity index (χ1) is 13.5. The van der Waals surface area contributed by atoms with Crippen molar-refractivity contribution < 1.29 is 19.2 Å². The van der Waals surface area contributed by atoms with Gasteiger partial charge in [0.25, 0.3) is 0 Å². The van der Waals surface area contributed by atoms with Crippen molar-refractivity contribution in [3.05, 3.63) is 63.7 Å². The van der Waals surface area contributed by atoms with Gasteiger partial charge in [0.05, 0.1) is 18.5 Å². The summed E-state index contributed by atoms with van der Waals surface area (Å²) < 4.78 is 10.7. The fraction of sp³-hybridized carbons (Fsp3) is 0.350. The molecule has 28 heavy (non-hydrogen) atoms. The Balaban J connectivity index is 1.72. The smallest absolute Gasteiger partial charge is 0.311 e. The van der Waals surface area contributed by atoms with E-state index in [0.717, 1.165) is 25.1 Å². The van der Waals surface area contributed by atoms with Crippen molar-refractivity contribution in [2.24, 2.45) is 5.73 Å². The fourth-order valence-corrected chi connectivity index (χ4v) is 2.74. The number of nitrogens with two attached hydrogens (primary N) is 1. The van der Waals surface area contributed by atoms with Gasteiger partial charge in [-0.2, -0.15) is 0 Å². The molecule has 0 aliphatic heterocycles. The van der Waals surface area contributed by atoms with Crippen LogP contribution in [-0.4, -0.2) is 37.6 Å². The van der Waals surface area contributed by atoms with Gasteiger partial charge in [0, 0.05) is 12.6 Å². The van der Waals surface area contributed by atoms with Gasteiger partial charge in [-0.3, -0.25) is 14.9 Å². The number of aryl methyl sites for hydroxylation is 1. The molecule has 8 nitrogen and oxygen atoms in total. The first kappa shape index (κ1) is 21.2. The van der Waals surface area contributed by atoms with Crippen LogP contribution in [0, 0.1) is 10.1 Å². The predicted octanol–water partition coefficient (Wildman–Crippen LogP) is 2.23. The van der Waals surface area contributed by atoms with E-state index in [4.69, 9.17) is 15.2 Å². The Kier molecular flexibility index (Phi) is 8.23. The number of carbonyl (C=O) groups excluding carboxylic acids is 1. The van der Waals surface area contributed by atoms with Crippen LogP contribution in [0.5, 0.6) is 11.5 Å². The Bertz CT molecular complexity index is 810. The van der Waals surface area contributed by atoms with Gasteiger partial charge in [-0.25, -0.2) is 0 Å². The van der Waals surface area contributed by atoms with Crippen LogP contribution in [0.2, 0.25) is 0 Å². The van der Waals surface area contributed by atoms with Crippen LogP contribution < -0.4 is 20.5 Å². The van der Waals surface area contributed by atoms with Crippen molar-refractivity contribution in [2.75, 3.05) is 26.8 Å². The minimum Gasteiger partial charge on any atom is -0.497 e. The number of rotatable bonds is 12. The van der Waals surface area contributed by atoms with Crippen LogP contribution >= 0.6 is 0 Å². The third-order valence-electron chi connectivity index (χ3n) is 4.09. The van der Waals surface area contributed by atoms with Crippen LogP contribution in [0.15, 0.2) is 42.5 Å². The van der Waals surface area contributed by atoms with Gasteiger partial charge in [-0.05, 0) is 48.7 Å². The van der Waals surface area contributed by atoms with Crippen LogP contribution in [0.4, 0.5) is 5.69 Å². The van der Waals surface area contributed by atoms with Crippen molar-refractivity contribution in [2.45, 2.75) is 19.3 Å². The first-order valence-corrected chi connectivity index (χ1v) is 9.01. The predicted molar refractivity (Wildman–Crippen MR) is 106 cm³/mol. The largest absolute Gasteiger partial charge is 0.497 e. The fourth-order valence-electron chi connectivity index (χ4n) is 2.74. The molecule has 0 spiro atoms. The third-order valence-corrected chi connectivity index (χ3v) is 4.09. The molecule has 3 N–H and O–H groups in total. The summed E-state index contributed by atoms with van der Waals surface area (Å²) in [6.07, 6.45) is 1.84. The number of primary amides is 1. The second-order valence-corrected chi connectivity index (χ2v) is 6.26. The summed E-state index contributed by atoms with van der Waals surface area (Å²) in [4.78, 5) is 21.6. The van der Waals surface area contributed by atoms with E-state index < -0.39 is 10.8 Å². The summed E-state index contributed by atoms with van der Waals surface area (Å²) in [5.74, 6) is 0.486. The van der Waals surface area contributed by atoms with Gasteiger partial charge in [0.1, 0.15) is 12.4 Å². The maximum atomic E-state index is 11.2. The number of carbonyl (C=O) groups is 1. The lowest BCUT2D eigenvalue weighted by molar-refractivity contribution is -0.385. The molecule has 1 amide bonds. The average Bonchev–Trinajstić information content (AvgIpc) is 2.67. The lowest BCUT2D eigenvalue weighted by Crippen LogP contribution is -2.22. The molecule has 0 bridgehead atoms. The highest BCUT2D eigenvalue weighted by atomic mass is 16.6. The highest BCUT2D eigenvalue weighted by Crippen LogP contribution is 2.28. The number of ether oxygens (including phenoxy) is 2. The zero-order valence-electron chi connectivity index (χ0n) is 15.8. The molecule has 2 rings (SSSR count). The van der Waals surface area contributed by atoms with Crippen molar-refractivity contribution >= 4 is 11.6 Å². The summed E-state index contributed by atoms with van der Waals surface area (Å²) >= 11 is 0. The number of nitro groups is 1. The van der Waals surface area contributed by atoms with E-state index >= 15 is 0 Å². The first-order valence-electron chi connectivity index (χ1n) is 9.01. The van der Waals surface area contributed by atoms with Gasteiger partial charge < -0.3 is 20.5 Å². The molecular weight excluding hydrogens is 362 g/mol. The monoisotopic (exact) mass is 387 g/mol. The van der Waals surface area contributed by atoms with Crippen LogP contribution in [0.1, 0.15) is 17.5 Å². The topological polar surface area (TPSA) is 117 Å². The van der Waals surface area contributed by atoms with E-state index in [1.807, 2.05) is 18.2 Å². The molecule has 0 fully saturated rings. The van der Waals surface area contributed by atoms with E-state index in [1.54, 1.807) is 13.2 Å². The molecule has 0 aliphatic rings. The second-order valence-electron chi connectivity index (χ2n) is 6.26. The Morgan fingerprint density at radius 2 is 2.00 bits per heavy atom. The second kappa shape index (κ2) is 10.9. The summed E-state index contributed by atoms with van der Waals surface area (Å²) in [5.41, 5.74) is 6.65. The van der Waals surface area contributed by atoms with Gasteiger partial charge >= 0.3 is 5.69 Å². The maximum absolute atomic E-state index is 11.2. The zero-order valence-corrected chi connectivity index (χ0v) is 15.8. The van der Waals surface area contributed by atoms with Gasteiger partial charge in [-0.1, -0.05) is 18.2 Å². The van der Waals surface area contributed by atoms with E-state index in [1.165, 1.54) is 17.7 Å². The molecule has 0 radical (unpaired) electrons. The number of hydrogen-bond donors (Lipinski definition) is 2. The number of nitro benzene ring substituents is 1. The molecule has 0 unspecified atom stereocenters.